The maximum Gasteiger partial charge on any atom is 0.0710 e. The first kappa shape index (κ1) is 10.1. The summed E-state index contributed by atoms with van der Waals surface area (Å²) in [5, 5.41) is 0. The van der Waals surface area contributed by atoms with E-state index in [1.54, 1.807) is 0 Å². The predicted molar refractivity (Wildman–Crippen MR) is 59.7 cm³/mol. The van der Waals surface area contributed by atoms with Crippen LogP contribution in [-0.2, 0) is 4.74 Å². The Labute approximate surface area is 91.9 Å². The van der Waals surface area contributed by atoms with Gasteiger partial charge in [0.1, 0.15) is 0 Å². The third-order valence-corrected chi connectivity index (χ3v) is 4.30. The quantitative estimate of drug-likeness (QED) is 0.742. The maximum atomic E-state index is 6.27. The van der Waals surface area contributed by atoms with E-state index in [-0.39, 0.29) is 0 Å². The Balaban J connectivity index is 1.49. The van der Waals surface area contributed by atoms with E-state index < -0.39 is 0 Å². The highest BCUT2D eigenvalue weighted by Gasteiger charge is 2.43. The molecule has 0 bridgehead atoms. The monoisotopic (exact) mass is 210 g/mol. The third kappa shape index (κ3) is 1.93. The van der Waals surface area contributed by atoms with Crippen LogP contribution < -0.4 is 5.73 Å². The summed E-state index contributed by atoms with van der Waals surface area (Å²) in [6, 6.07) is 0.423. The van der Waals surface area contributed by atoms with Crippen molar-refractivity contribution in [3.8, 4) is 0 Å². The van der Waals surface area contributed by atoms with Gasteiger partial charge >= 0.3 is 0 Å². The lowest BCUT2D eigenvalue weighted by atomic mass is 9.98. The minimum atomic E-state index is 0.303. The Morgan fingerprint density at radius 2 is 1.93 bits per heavy atom. The second-order valence-corrected chi connectivity index (χ2v) is 5.65. The lowest BCUT2D eigenvalue weighted by molar-refractivity contribution is -0.0547. The summed E-state index contributed by atoms with van der Waals surface area (Å²) in [5.41, 5.74) is 6.08. The molecule has 3 nitrogen and oxygen atoms in total. The highest BCUT2D eigenvalue weighted by Crippen LogP contribution is 2.43. The second-order valence-electron chi connectivity index (χ2n) is 5.65. The summed E-state index contributed by atoms with van der Waals surface area (Å²) >= 11 is 0. The molecule has 1 aliphatic carbocycles. The standard InChI is InChI=1S/C12H22N2O/c13-10-7-14(8-10)9-11-3-6-12(15-11)4-1-2-5-12/h10-11H,1-9,13H2. The van der Waals surface area contributed by atoms with Gasteiger partial charge in [0.2, 0.25) is 0 Å². The van der Waals surface area contributed by atoms with Gasteiger partial charge in [0, 0.05) is 25.7 Å². The van der Waals surface area contributed by atoms with Gasteiger partial charge in [-0.15, -0.1) is 0 Å². The van der Waals surface area contributed by atoms with Crippen molar-refractivity contribution in [2.45, 2.75) is 56.3 Å². The predicted octanol–water partition coefficient (Wildman–Crippen LogP) is 1.12. The minimum Gasteiger partial charge on any atom is -0.370 e. The molecule has 0 aromatic carbocycles. The maximum absolute atomic E-state index is 6.27. The zero-order valence-corrected chi connectivity index (χ0v) is 9.45. The molecule has 3 fully saturated rings. The first-order chi connectivity index (χ1) is 7.26. The molecule has 1 spiro atoms. The van der Waals surface area contributed by atoms with Crippen LogP contribution in [-0.4, -0.2) is 42.3 Å². The van der Waals surface area contributed by atoms with Crippen LogP contribution in [0.15, 0.2) is 0 Å². The first-order valence-corrected chi connectivity index (χ1v) is 6.42. The largest absolute Gasteiger partial charge is 0.370 e. The minimum absolute atomic E-state index is 0.303. The van der Waals surface area contributed by atoms with Crippen molar-refractivity contribution >= 4 is 0 Å². The van der Waals surface area contributed by atoms with Crippen molar-refractivity contribution in [1.29, 1.82) is 0 Å². The zero-order chi connectivity index (χ0) is 10.3. The zero-order valence-electron chi connectivity index (χ0n) is 9.45. The van der Waals surface area contributed by atoms with Crippen LogP contribution in [0, 0.1) is 0 Å². The van der Waals surface area contributed by atoms with Crippen molar-refractivity contribution in [1.82, 2.24) is 4.90 Å². The van der Waals surface area contributed by atoms with E-state index in [1.165, 1.54) is 38.5 Å². The molecular formula is C12H22N2O. The fraction of sp³-hybridized carbons (Fsp3) is 1.00. The van der Waals surface area contributed by atoms with Crippen LogP contribution in [0.4, 0.5) is 0 Å². The van der Waals surface area contributed by atoms with Crippen molar-refractivity contribution in [3.05, 3.63) is 0 Å². The molecule has 86 valence electrons. The molecule has 1 atom stereocenters. The van der Waals surface area contributed by atoms with E-state index >= 15 is 0 Å². The number of likely N-dealkylation sites (tertiary alicyclic amines) is 1. The van der Waals surface area contributed by atoms with Gasteiger partial charge in [-0.25, -0.2) is 0 Å². The summed E-state index contributed by atoms with van der Waals surface area (Å²) in [6.45, 7) is 3.27. The molecular weight excluding hydrogens is 188 g/mol. The molecule has 1 unspecified atom stereocenters. The Hall–Kier alpha value is -0.120. The average molecular weight is 210 g/mol. The van der Waals surface area contributed by atoms with Crippen LogP contribution in [0.1, 0.15) is 38.5 Å². The molecule has 3 aliphatic rings. The van der Waals surface area contributed by atoms with E-state index in [0.29, 0.717) is 17.7 Å². The van der Waals surface area contributed by atoms with Crippen molar-refractivity contribution in [3.63, 3.8) is 0 Å². The van der Waals surface area contributed by atoms with Gasteiger partial charge in [0.25, 0.3) is 0 Å². The Bertz CT molecular complexity index is 232. The number of ether oxygens (including phenoxy) is 1. The average Bonchev–Trinajstić information content (AvgIpc) is 2.76. The molecule has 2 saturated heterocycles. The van der Waals surface area contributed by atoms with Crippen LogP contribution in [0.25, 0.3) is 0 Å². The van der Waals surface area contributed by atoms with Gasteiger partial charge in [0.15, 0.2) is 0 Å². The fourth-order valence-electron chi connectivity index (χ4n) is 3.46. The van der Waals surface area contributed by atoms with Gasteiger partial charge < -0.3 is 10.5 Å². The van der Waals surface area contributed by atoms with Gasteiger partial charge in [-0.05, 0) is 25.7 Å². The molecule has 15 heavy (non-hydrogen) atoms. The smallest absolute Gasteiger partial charge is 0.0710 e. The molecule has 0 aromatic rings. The molecule has 1 saturated carbocycles. The Morgan fingerprint density at radius 3 is 2.60 bits per heavy atom. The first-order valence-electron chi connectivity index (χ1n) is 6.42. The highest BCUT2D eigenvalue weighted by molar-refractivity contribution is 4.94. The van der Waals surface area contributed by atoms with E-state index in [9.17, 15) is 0 Å². The van der Waals surface area contributed by atoms with E-state index in [2.05, 4.69) is 4.90 Å². The summed E-state index contributed by atoms with van der Waals surface area (Å²) < 4.78 is 6.27. The molecule has 0 radical (unpaired) electrons. The van der Waals surface area contributed by atoms with Crippen LogP contribution in [0.2, 0.25) is 0 Å². The van der Waals surface area contributed by atoms with Crippen LogP contribution >= 0.6 is 0 Å². The molecule has 0 aromatic heterocycles. The van der Waals surface area contributed by atoms with Crippen LogP contribution in [0.5, 0.6) is 0 Å². The van der Waals surface area contributed by atoms with E-state index in [1.807, 2.05) is 0 Å². The van der Waals surface area contributed by atoms with Crippen LogP contribution in [0.3, 0.4) is 0 Å². The number of hydrogen-bond acceptors (Lipinski definition) is 3. The van der Waals surface area contributed by atoms with Gasteiger partial charge in [-0.1, -0.05) is 12.8 Å². The molecule has 2 N–H and O–H groups in total. The lowest BCUT2D eigenvalue weighted by Gasteiger charge is -2.38. The highest BCUT2D eigenvalue weighted by atomic mass is 16.5. The number of rotatable bonds is 2. The van der Waals surface area contributed by atoms with Crippen molar-refractivity contribution in [2.75, 3.05) is 19.6 Å². The number of hydrogen-bond donors (Lipinski definition) is 1. The van der Waals surface area contributed by atoms with Gasteiger partial charge in [0.05, 0.1) is 11.7 Å². The van der Waals surface area contributed by atoms with E-state index in [0.717, 1.165) is 19.6 Å². The van der Waals surface area contributed by atoms with Crippen molar-refractivity contribution < 1.29 is 4.74 Å². The van der Waals surface area contributed by atoms with Gasteiger partial charge in [-0.2, -0.15) is 0 Å². The number of nitrogens with zero attached hydrogens (tertiary/aromatic N) is 1. The topological polar surface area (TPSA) is 38.5 Å². The second kappa shape index (κ2) is 3.72. The molecule has 3 rings (SSSR count). The molecule has 3 heteroatoms. The summed E-state index contributed by atoms with van der Waals surface area (Å²) in [6.07, 6.45) is 8.44. The Kier molecular flexibility index (Phi) is 2.49. The normalized spacial score (nSPS) is 36.2. The fourth-order valence-corrected chi connectivity index (χ4v) is 3.46. The molecule has 2 heterocycles. The van der Waals surface area contributed by atoms with E-state index in [4.69, 9.17) is 10.5 Å². The summed E-state index contributed by atoms with van der Waals surface area (Å²) in [5.74, 6) is 0. The summed E-state index contributed by atoms with van der Waals surface area (Å²) in [7, 11) is 0. The van der Waals surface area contributed by atoms with Crippen molar-refractivity contribution in [2.24, 2.45) is 5.73 Å². The lowest BCUT2D eigenvalue weighted by Crippen LogP contribution is -2.57. The third-order valence-electron chi connectivity index (χ3n) is 4.30. The Morgan fingerprint density at radius 1 is 1.20 bits per heavy atom. The summed E-state index contributed by atoms with van der Waals surface area (Å²) in [4.78, 5) is 2.43. The molecule has 2 aliphatic heterocycles. The van der Waals surface area contributed by atoms with Gasteiger partial charge in [-0.3, -0.25) is 4.90 Å². The SMILES string of the molecule is NC1CN(CC2CCC3(CCCC3)O2)C1. The molecule has 0 amide bonds. The number of nitrogens with two attached hydrogens (primary N) is 1.